The molecule has 2 aliphatic rings. The lowest BCUT2D eigenvalue weighted by Crippen LogP contribution is -1.96. The van der Waals surface area contributed by atoms with Crippen molar-refractivity contribution in [3.63, 3.8) is 0 Å². The first-order chi connectivity index (χ1) is 22.5. The highest BCUT2D eigenvalue weighted by Gasteiger charge is 2.39. The Kier molecular flexibility index (Phi) is 6.74. The quantitative estimate of drug-likeness (QED) is 0.173. The number of nitrogens with zero attached hydrogens (tertiary/aromatic N) is 8. The summed E-state index contributed by atoms with van der Waals surface area (Å²) >= 11 is 0. The smallest absolute Gasteiger partial charge is 0.237 e. The van der Waals surface area contributed by atoms with Gasteiger partial charge in [0.25, 0.3) is 11.4 Å². The number of rotatable bonds is 2. The van der Waals surface area contributed by atoms with Gasteiger partial charge in [0.05, 0.1) is 54.6 Å². The molecule has 8 heteroatoms. The minimum absolute atomic E-state index is 0.156. The second-order valence-corrected chi connectivity index (χ2v) is 10.1. The summed E-state index contributed by atoms with van der Waals surface area (Å²) in [7, 11) is 0. The molecule has 6 rings (SSSR count). The lowest BCUT2D eigenvalue weighted by molar-refractivity contribution is 1.43. The third-order valence-electron chi connectivity index (χ3n) is 7.94. The van der Waals surface area contributed by atoms with Crippen LogP contribution in [0.4, 0.5) is 5.69 Å². The van der Waals surface area contributed by atoms with Gasteiger partial charge in [-0.3, -0.25) is 0 Å². The molecule has 0 spiro atoms. The second kappa shape index (κ2) is 11.0. The van der Waals surface area contributed by atoms with Crippen LogP contribution in [0.2, 0.25) is 0 Å². The van der Waals surface area contributed by atoms with Gasteiger partial charge in [-0.2, -0.15) is 15.8 Å². The minimum Gasteiger partial charge on any atom is -0.237 e. The molecule has 0 aliphatic heterocycles. The summed E-state index contributed by atoms with van der Waals surface area (Å²) in [5.41, 5.74) is 7.53. The number of nitriles is 5. The third-order valence-corrected chi connectivity index (χ3v) is 7.94. The van der Waals surface area contributed by atoms with Crippen LogP contribution in [0.5, 0.6) is 0 Å². The van der Waals surface area contributed by atoms with Crippen LogP contribution >= 0.6 is 0 Å². The summed E-state index contributed by atoms with van der Waals surface area (Å²) < 4.78 is 0. The van der Waals surface area contributed by atoms with E-state index in [0.717, 1.165) is 0 Å². The second-order valence-electron chi connectivity index (χ2n) is 10.1. The highest BCUT2D eigenvalue weighted by molar-refractivity contribution is 6.37. The fourth-order valence-corrected chi connectivity index (χ4v) is 5.94. The van der Waals surface area contributed by atoms with Crippen molar-refractivity contribution in [3.05, 3.63) is 157 Å². The standard InChI is InChI=1S/C38H12N8/c1-44-32-11-8-22(13-27(32)18-41)24-7-10-29-31(15-24)38-35(33(19-42)45-2)28-9-6-23(21-4-5-25(16-39)26(12-21)17-40)14-30(28)37(38)36(29)34(20-43)46-3/h4-15H/b35-33-,36-34+. The number of allylic oxidation sites excluding steroid dienone is 6. The van der Waals surface area contributed by atoms with Crippen LogP contribution in [0.1, 0.15) is 38.9 Å². The fourth-order valence-electron chi connectivity index (χ4n) is 5.94. The number of benzene rings is 4. The van der Waals surface area contributed by atoms with E-state index in [1.54, 1.807) is 60.7 Å². The zero-order valence-corrected chi connectivity index (χ0v) is 23.5. The van der Waals surface area contributed by atoms with Gasteiger partial charge in [-0.25, -0.2) is 25.1 Å². The van der Waals surface area contributed by atoms with Crippen LogP contribution in [-0.2, 0) is 0 Å². The van der Waals surface area contributed by atoms with Crippen molar-refractivity contribution in [2.45, 2.75) is 0 Å². The highest BCUT2D eigenvalue weighted by Crippen LogP contribution is 2.60. The molecule has 4 aromatic carbocycles. The molecule has 46 heavy (non-hydrogen) atoms. The molecule has 0 amide bonds. The lowest BCUT2D eigenvalue weighted by Gasteiger charge is -2.15. The van der Waals surface area contributed by atoms with Gasteiger partial charge < -0.3 is 0 Å². The van der Waals surface area contributed by atoms with E-state index < -0.39 is 0 Å². The van der Waals surface area contributed by atoms with Gasteiger partial charge >= 0.3 is 0 Å². The zero-order chi connectivity index (χ0) is 32.5. The average Bonchev–Trinajstić information content (AvgIpc) is 3.61. The zero-order valence-electron chi connectivity index (χ0n) is 23.5. The van der Waals surface area contributed by atoms with E-state index in [-0.39, 0.29) is 33.8 Å². The molecule has 2 aliphatic carbocycles. The Morgan fingerprint density at radius 1 is 0.478 bits per heavy atom. The third kappa shape index (κ3) is 4.08. The monoisotopic (exact) mass is 580 g/mol. The van der Waals surface area contributed by atoms with E-state index in [4.69, 9.17) is 19.7 Å². The van der Waals surface area contributed by atoms with Crippen molar-refractivity contribution in [1.29, 1.82) is 26.3 Å². The van der Waals surface area contributed by atoms with Gasteiger partial charge in [-0.1, -0.05) is 42.5 Å². The van der Waals surface area contributed by atoms with E-state index in [1.165, 1.54) is 0 Å². The molecule has 0 saturated carbocycles. The summed E-state index contributed by atoms with van der Waals surface area (Å²) in [6.45, 7) is 23.0. The molecule has 0 unspecified atom stereocenters. The van der Waals surface area contributed by atoms with Gasteiger partial charge in [-0.15, -0.1) is 0 Å². The van der Waals surface area contributed by atoms with Gasteiger partial charge in [0.15, 0.2) is 0 Å². The minimum atomic E-state index is -0.156. The van der Waals surface area contributed by atoms with Crippen molar-refractivity contribution >= 4 is 28.0 Å². The first-order valence-corrected chi connectivity index (χ1v) is 13.4. The van der Waals surface area contributed by atoms with Gasteiger partial charge in [-0.05, 0) is 86.0 Å². The van der Waals surface area contributed by atoms with Gasteiger partial charge in [0.1, 0.15) is 12.1 Å². The number of hydrogen-bond donors (Lipinski definition) is 0. The first kappa shape index (κ1) is 28.2. The molecule has 0 fully saturated rings. The fraction of sp³-hybridized carbons (Fsp3) is 0. The Hall–Kier alpha value is -7.98. The maximum absolute atomic E-state index is 10.1. The molecule has 0 bridgehead atoms. The Balaban J connectivity index is 1.68. The van der Waals surface area contributed by atoms with E-state index in [9.17, 15) is 26.3 Å². The summed E-state index contributed by atoms with van der Waals surface area (Å²) in [5.74, 6) is 0. The SMILES string of the molecule is [C-]#[N+]/C(C#N)=C1C2=C(/C(=C(\C#N)[N+]#[C-])c3ccc(-c4ccc([N+]#[C-])c(C#N)c4)cc32)c2cc(-c3ccc(C#N)c(C#N)c3)ccc2\1. The van der Waals surface area contributed by atoms with Crippen molar-refractivity contribution < 1.29 is 0 Å². The van der Waals surface area contributed by atoms with Crippen LogP contribution in [0, 0.1) is 76.4 Å². The van der Waals surface area contributed by atoms with Crippen LogP contribution < -0.4 is 0 Å². The number of fused-ring (bicyclic) bond motifs is 4. The first-order valence-electron chi connectivity index (χ1n) is 13.4. The molecule has 8 nitrogen and oxygen atoms in total. The Labute approximate surface area is 263 Å². The number of hydrogen-bond acceptors (Lipinski definition) is 5. The maximum atomic E-state index is 10.1. The van der Waals surface area contributed by atoms with Gasteiger partial charge in [0.2, 0.25) is 5.69 Å². The lowest BCUT2D eigenvalue weighted by atomic mass is 9.88. The molecule has 0 heterocycles. The summed E-state index contributed by atoms with van der Waals surface area (Å²) in [5, 5.41) is 48.7. The Bertz CT molecular complexity index is 2350. The van der Waals surface area contributed by atoms with Crippen LogP contribution in [0.15, 0.2) is 84.2 Å². The predicted octanol–water partition coefficient (Wildman–Crippen LogP) is 8.43. The summed E-state index contributed by atoms with van der Waals surface area (Å²) in [4.78, 5) is 10.5. The Morgan fingerprint density at radius 2 is 0.913 bits per heavy atom. The summed E-state index contributed by atoms with van der Waals surface area (Å²) in [6.07, 6.45) is 0. The molecular weight excluding hydrogens is 568 g/mol. The van der Waals surface area contributed by atoms with Crippen molar-refractivity contribution in [3.8, 4) is 52.6 Å². The molecule has 0 aromatic heterocycles. The van der Waals surface area contributed by atoms with E-state index in [0.29, 0.717) is 66.8 Å². The predicted molar refractivity (Wildman–Crippen MR) is 169 cm³/mol. The largest absolute Gasteiger partial charge is 0.270 e. The van der Waals surface area contributed by atoms with Crippen LogP contribution in [-0.4, -0.2) is 0 Å². The molecule has 0 N–H and O–H groups in total. The summed E-state index contributed by atoms with van der Waals surface area (Å²) in [6, 6.07) is 30.8. The Morgan fingerprint density at radius 3 is 1.35 bits per heavy atom. The molecule has 4 aromatic rings. The highest BCUT2D eigenvalue weighted by atomic mass is 14.7. The molecular formula is C38H12N8. The van der Waals surface area contributed by atoms with Crippen LogP contribution in [0.3, 0.4) is 0 Å². The van der Waals surface area contributed by atoms with Crippen LogP contribution in [0.25, 0.3) is 59.1 Å². The average molecular weight is 581 g/mol. The maximum Gasteiger partial charge on any atom is 0.270 e. The normalized spacial score (nSPS) is 13.9. The van der Waals surface area contributed by atoms with Crippen molar-refractivity contribution in [2.75, 3.05) is 0 Å². The van der Waals surface area contributed by atoms with Crippen molar-refractivity contribution in [1.82, 2.24) is 0 Å². The van der Waals surface area contributed by atoms with E-state index in [2.05, 4.69) is 20.6 Å². The topological polar surface area (TPSA) is 132 Å². The van der Waals surface area contributed by atoms with Gasteiger partial charge in [0, 0.05) is 11.1 Å². The molecule has 0 atom stereocenters. The van der Waals surface area contributed by atoms with E-state index >= 15 is 0 Å². The molecule has 0 radical (unpaired) electrons. The van der Waals surface area contributed by atoms with Crippen molar-refractivity contribution in [2.24, 2.45) is 0 Å². The molecule has 0 saturated heterocycles. The van der Waals surface area contributed by atoms with E-state index in [1.807, 2.05) is 36.4 Å². The molecule has 204 valence electrons.